The number of hydrogen-bond donors (Lipinski definition) is 1. The van der Waals surface area contributed by atoms with Crippen LogP contribution in [0.3, 0.4) is 0 Å². The van der Waals surface area contributed by atoms with Crippen molar-refractivity contribution in [3.63, 3.8) is 0 Å². The molecule has 0 spiro atoms. The summed E-state index contributed by atoms with van der Waals surface area (Å²) in [6.07, 6.45) is 0.757. The van der Waals surface area contributed by atoms with E-state index >= 15 is 0 Å². The molecule has 0 saturated carbocycles. The predicted octanol–water partition coefficient (Wildman–Crippen LogP) is 3.50. The van der Waals surface area contributed by atoms with Crippen LogP contribution >= 0.6 is 15.9 Å². The van der Waals surface area contributed by atoms with E-state index in [0.717, 1.165) is 12.8 Å². The van der Waals surface area contributed by atoms with E-state index in [-0.39, 0.29) is 23.9 Å². The summed E-state index contributed by atoms with van der Waals surface area (Å²) in [7, 11) is 0. The topological polar surface area (TPSA) is 37.3 Å². The van der Waals surface area contributed by atoms with Gasteiger partial charge in [0, 0.05) is 6.42 Å². The number of aliphatic hydroxyl groups excluding tert-OH is 1. The molecule has 0 amide bonds. The Bertz CT molecular complexity index is 416. The number of rotatable bonds is 6. The largest absolute Gasteiger partial charge is 0.385 e. The molecule has 1 unspecified atom stereocenters. The summed E-state index contributed by atoms with van der Waals surface area (Å²) in [6.45, 7) is 3.91. The summed E-state index contributed by atoms with van der Waals surface area (Å²) in [6, 6.07) is 4.46. The number of carbonyl (C=O) groups is 1. The molecule has 1 N–H and O–H groups in total. The third kappa shape index (κ3) is 3.89. The first-order valence-electron chi connectivity index (χ1n) is 6.14. The molecule has 4 heteroatoms. The van der Waals surface area contributed by atoms with Crippen molar-refractivity contribution in [1.29, 1.82) is 0 Å². The van der Waals surface area contributed by atoms with E-state index in [4.69, 9.17) is 0 Å². The van der Waals surface area contributed by atoms with Gasteiger partial charge in [-0.25, -0.2) is 4.39 Å². The summed E-state index contributed by atoms with van der Waals surface area (Å²) >= 11 is 3.08. The molecule has 2 nitrogen and oxygen atoms in total. The fraction of sp³-hybridized carbons (Fsp3) is 0.500. The van der Waals surface area contributed by atoms with E-state index in [1.807, 2.05) is 13.8 Å². The van der Waals surface area contributed by atoms with Gasteiger partial charge >= 0.3 is 0 Å². The van der Waals surface area contributed by atoms with Gasteiger partial charge in [0.25, 0.3) is 0 Å². The van der Waals surface area contributed by atoms with E-state index in [1.54, 1.807) is 12.1 Å². The lowest BCUT2D eigenvalue weighted by Crippen LogP contribution is -2.30. The second-order valence-corrected chi connectivity index (χ2v) is 5.27. The number of Topliss-reactive ketones (excluding diaryl/α,β-unsaturated/α-hetero) is 1. The van der Waals surface area contributed by atoms with E-state index < -0.39 is 6.10 Å². The van der Waals surface area contributed by atoms with Gasteiger partial charge in [-0.1, -0.05) is 32.8 Å². The van der Waals surface area contributed by atoms with Gasteiger partial charge < -0.3 is 5.11 Å². The summed E-state index contributed by atoms with van der Waals surface area (Å²) in [5.41, 5.74) is 0.707. The molecule has 1 aromatic carbocycles. The van der Waals surface area contributed by atoms with Crippen molar-refractivity contribution < 1.29 is 14.3 Å². The van der Waals surface area contributed by atoms with Gasteiger partial charge in [0.15, 0.2) is 5.78 Å². The van der Waals surface area contributed by atoms with E-state index in [0.29, 0.717) is 10.0 Å². The van der Waals surface area contributed by atoms with E-state index in [2.05, 4.69) is 15.9 Å². The van der Waals surface area contributed by atoms with Crippen LogP contribution in [0.15, 0.2) is 22.7 Å². The van der Waals surface area contributed by atoms with Gasteiger partial charge in [-0.05, 0) is 39.5 Å². The third-order valence-electron chi connectivity index (χ3n) is 3.19. The molecule has 1 atom stereocenters. The van der Waals surface area contributed by atoms with Gasteiger partial charge in [0.2, 0.25) is 0 Å². The number of benzene rings is 1. The number of hydrogen-bond acceptors (Lipinski definition) is 2. The fourth-order valence-electron chi connectivity index (χ4n) is 1.95. The van der Waals surface area contributed by atoms with Crippen LogP contribution in [0.5, 0.6) is 0 Å². The molecular weight excluding hydrogens is 299 g/mol. The first-order valence-corrected chi connectivity index (χ1v) is 6.93. The fourth-order valence-corrected chi connectivity index (χ4v) is 2.38. The third-order valence-corrected chi connectivity index (χ3v) is 3.80. The van der Waals surface area contributed by atoms with Crippen molar-refractivity contribution in [3.8, 4) is 0 Å². The average molecular weight is 317 g/mol. The Labute approximate surface area is 115 Å². The first kappa shape index (κ1) is 15.3. The minimum atomic E-state index is -0.927. The number of ketones is 1. The summed E-state index contributed by atoms with van der Waals surface area (Å²) in [5.74, 6) is -0.560. The van der Waals surface area contributed by atoms with E-state index in [9.17, 15) is 14.3 Å². The Morgan fingerprint density at radius 1 is 1.39 bits per heavy atom. The lowest BCUT2D eigenvalue weighted by atomic mass is 9.91. The van der Waals surface area contributed by atoms with Crippen LogP contribution in [0.25, 0.3) is 0 Å². The Hall–Kier alpha value is -0.740. The van der Waals surface area contributed by atoms with Crippen molar-refractivity contribution in [2.45, 2.75) is 39.2 Å². The SMILES string of the molecule is CCC(CC)C(O)C(=O)Cc1ccc(F)c(Br)c1. The molecule has 18 heavy (non-hydrogen) atoms. The lowest BCUT2D eigenvalue weighted by molar-refractivity contribution is -0.129. The molecule has 0 aliphatic heterocycles. The second-order valence-electron chi connectivity index (χ2n) is 4.41. The van der Waals surface area contributed by atoms with Gasteiger partial charge in [0.1, 0.15) is 11.9 Å². The molecule has 0 aromatic heterocycles. The lowest BCUT2D eigenvalue weighted by Gasteiger charge is -2.18. The smallest absolute Gasteiger partial charge is 0.165 e. The molecule has 0 aliphatic carbocycles. The number of carbonyl (C=O) groups excluding carboxylic acids is 1. The molecule has 100 valence electrons. The maximum Gasteiger partial charge on any atom is 0.165 e. The Morgan fingerprint density at radius 2 is 2.00 bits per heavy atom. The molecule has 0 radical (unpaired) electrons. The zero-order valence-corrected chi connectivity index (χ0v) is 12.2. The van der Waals surface area contributed by atoms with Crippen molar-refractivity contribution in [2.24, 2.45) is 5.92 Å². The predicted molar refractivity (Wildman–Crippen MR) is 72.9 cm³/mol. The van der Waals surface area contributed by atoms with Crippen LogP contribution < -0.4 is 0 Å². The highest BCUT2D eigenvalue weighted by molar-refractivity contribution is 9.10. The standard InChI is InChI=1S/C14H18BrFO2/c1-3-10(4-2)14(18)13(17)8-9-5-6-12(16)11(15)7-9/h5-7,10,14,18H,3-4,8H2,1-2H3. The molecule has 1 rings (SSSR count). The van der Waals surface area contributed by atoms with Crippen molar-refractivity contribution in [1.82, 2.24) is 0 Å². The first-order chi connectivity index (χ1) is 8.49. The number of halogens is 2. The highest BCUT2D eigenvalue weighted by atomic mass is 79.9. The Balaban J connectivity index is 2.72. The maximum absolute atomic E-state index is 13.1. The van der Waals surface area contributed by atoms with Gasteiger partial charge in [-0.2, -0.15) is 0 Å². The summed E-state index contributed by atoms with van der Waals surface area (Å²) < 4.78 is 13.4. The zero-order valence-electron chi connectivity index (χ0n) is 10.6. The van der Waals surface area contributed by atoms with Crippen molar-refractivity contribution in [3.05, 3.63) is 34.1 Å². The summed E-state index contributed by atoms with van der Waals surface area (Å²) in [5, 5.41) is 9.93. The molecule has 0 saturated heterocycles. The molecule has 1 aromatic rings. The van der Waals surface area contributed by atoms with Crippen molar-refractivity contribution in [2.75, 3.05) is 0 Å². The van der Waals surface area contributed by atoms with Gasteiger partial charge in [-0.3, -0.25) is 4.79 Å². The molecule has 0 heterocycles. The maximum atomic E-state index is 13.1. The number of aliphatic hydroxyl groups is 1. The minimum absolute atomic E-state index is 0.00129. The molecule has 0 bridgehead atoms. The van der Waals surface area contributed by atoms with Crippen LogP contribution in [-0.2, 0) is 11.2 Å². The average Bonchev–Trinajstić information content (AvgIpc) is 2.35. The Morgan fingerprint density at radius 3 is 2.50 bits per heavy atom. The van der Waals surface area contributed by atoms with E-state index in [1.165, 1.54) is 6.07 Å². The normalized spacial score (nSPS) is 12.8. The van der Waals surface area contributed by atoms with Crippen LogP contribution in [0, 0.1) is 11.7 Å². The highest BCUT2D eigenvalue weighted by Crippen LogP contribution is 2.19. The van der Waals surface area contributed by atoms with Crippen LogP contribution in [0.2, 0.25) is 0 Å². The van der Waals surface area contributed by atoms with Gasteiger partial charge in [0.05, 0.1) is 4.47 Å². The quantitative estimate of drug-likeness (QED) is 0.872. The Kier molecular flexibility index (Phi) is 5.96. The zero-order chi connectivity index (χ0) is 13.7. The van der Waals surface area contributed by atoms with Crippen LogP contribution in [0.4, 0.5) is 4.39 Å². The highest BCUT2D eigenvalue weighted by Gasteiger charge is 2.23. The monoisotopic (exact) mass is 316 g/mol. The molecule has 0 aliphatic rings. The minimum Gasteiger partial charge on any atom is -0.385 e. The molecule has 0 fully saturated rings. The molecular formula is C14H18BrFO2. The summed E-state index contributed by atoms with van der Waals surface area (Å²) in [4.78, 5) is 11.9. The second kappa shape index (κ2) is 7.00. The van der Waals surface area contributed by atoms with Crippen LogP contribution in [-0.4, -0.2) is 17.0 Å². The van der Waals surface area contributed by atoms with Crippen molar-refractivity contribution >= 4 is 21.7 Å². The van der Waals surface area contributed by atoms with Gasteiger partial charge in [-0.15, -0.1) is 0 Å². The van der Waals surface area contributed by atoms with Crippen LogP contribution in [0.1, 0.15) is 32.3 Å².